The Hall–Kier alpha value is -0.600. The highest BCUT2D eigenvalue weighted by molar-refractivity contribution is 8.13. The predicted molar refractivity (Wildman–Crippen MR) is 127 cm³/mol. The minimum Gasteiger partial charge on any atom is -0.421 e. The van der Waals surface area contributed by atoms with Gasteiger partial charge in [0, 0.05) is 0 Å². The Morgan fingerprint density at radius 3 is 1.03 bits per heavy atom. The standard InChI is InChI=1S/C19H42N.C2F6NO4S2/c1-5-6-7-8-9-10-11-12-13-14-15-16-17-18-19-20(2,3)4;3-1(4,5)14(10,11)9-15(12,13)2(6,7)8/h5-19H2,1-4H3;/q+1;-1. The number of alkyl halides is 6. The Kier molecular flexibility index (Phi) is 17.8. The number of halogens is 6. The molecular weight excluding hydrogens is 522 g/mol. The molecule has 0 amide bonds. The molecule has 0 radical (unpaired) electrons. The van der Waals surface area contributed by atoms with Gasteiger partial charge in [0.25, 0.3) is 0 Å². The average Bonchev–Trinajstić information content (AvgIpc) is 2.65. The Morgan fingerprint density at radius 2 is 0.800 bits per heavy atom. The zero-order valence-electron chi connectivity index (χ0n) is 21.2. The van der Waals surface area contributed by atoms with E-state index in [0.29, 0.717) is 0 Å². The maximum absolute atomic E-state index is 11.4. The van der Waals surface area contributed by atoms with Crippen LogP contribution >= 0.6 is 0 Å². The number of hydrogen-bond acceptors (Lipinski definition) is 4. The first kappa shape index (κ1) is 36.6. The first-order valence-electron chi connectivity index (χ1n) is 11.9. The van der Waals surface area contributed by atoms with Crippen LogP contribution in [0.1, 0.15) is 96.8 Å². The lowest BCUT2D eigenvalue weighted by Crippen LogP contribution is -2.35. The monoisotopic (exact) mass is 564 g/mol. The lowest BCUT2D eigenvalue weighted by atomic mass is 10.0. The lowest BCUT2D eigenvalue weighted by Gasteiger charge is -2.23. The molecule has 0 aromatic heterocycles. The van der Waals surface area contributed by atoms with E-state index in [4.69, 9.17) is 0 Å². The number of hydrogen-bond donors (Lipinski definition) is 0. The minimum atomic E-state index is -6.72. The molecule has 0 aliphatic carbocycles. The van der Waals surface area contributed by atoms with Crippen LogP contribution in [-0.2, 0) is 20.0 Å². The molecule has 0 atom stereocenters. The summed E-state index contributed by atoms with van der Waals surface area (Å²) in [7, 11) is -6.56. The van der Waals surface area contributed by atoms with Crippen molar-refractivity contribution >= 4 is 20.0 Å². The van der Waals surface area contributed by atoms with Gasteiger partial charge >= 0.3 is 11.0 Å². The Balaban J connectivity index is 0. The van der Waals surface area contributed by atoms with E-state index in [1.165, 1.54) is 96.4 Å². The maximum atomic E-state index is 11.4. The Morgan fingerprint density at radius 1 is 0.543 bits per heavy atom. The molecule has 0 aliphatic heterocycles. The van der Waals surface area contributed by atoms with Crippen LogP contribution in [0, 0.1) is 0 Å². The summed E-state index contributed by atoms with van der Waals surface area (Å²) in [5.74, 6) is 0. The molecule has 0 aliphatic rings. The van der Waals surface area contributed by atoms with Crippen molar-refractivity contribution in [1.29, 1.82) is 0 Å². The topological polar surface area (TPSA) is 82.4 Å². The number of sulfonamides is 2. The summed E-state index contributed by atoms with van der Waals surface area (Å²) in [4.78, 5) is 0. The van der Waals surface area contributed by atoms with Gasteiger partial charge in [-0.1, -0.05) is 84.0 Å². The van der Waals surface area contributed by atoms with Crippen LogP contribution in [0.25, 0.3) is 4.13 Å². The molecule has 0 saturated carbocycles. The summed E-state index contributed by atoms with van der Waals surface area (Å²) >= 11 is 0. The third-order valence-electron chi connectivity index (χ3n) is 4.96. The summed E-state index contributed by atoms with van der Waals surface area (Å²) in [6.45, 7) is 3.63. The number of nitrogens with zero attached hydrogens (tertiary/aromatic N) is 2. The second-order valence-electron chi connectivity index (χ2n) is 9.53. The van der Waals surface area contributed by atoms with E-state index in [0.717, 1.165) is 8.61 Å². The normalized spacial score (nSPS) is 13.4. The zero-order valence-corrected chi connectivity index (χ0v) is 22.9. The summed E-state index contributed by atoms with van der Waals surface area (Å²) in [6.07, 6.45) is 20.4. The molecule has 0 rings (SSSR count). The van der Waals surface area contributed by atoms with Crippen molar-refractivity contribution in [2.75, 3.05) is 27.7 Å². The van der Waals surface area contributed by atoms with Gasteiger partial charge in [0.2, 0.25) is 0 Å². The second-order valence-corrected chi connectivity index (χ2v) is 12.9. The molecule has 0 saturated heterocycles. The van der Waals surface area contributed by atoms with E-state index >= 15 is 0 Å². The van der Waals surface area contributed by atoms with E-state index in [1.807, 2.05) is 0 Å². The second kappa shape index (κ2) is 17.0. The van der Waals surface area contributed by atoms with Gasteiger partial charge in [-0.15, -0.1) is 0 Å². The van der Waals surface area contributed by atoms with Gasteiger partial charge in [-0.2, -0.15) is 26.3 Å². The number of unbranched alkanes of at least 4 members (excludes halogenated alkanes) is 13. The van der Waals surface area contributed by atoms with Crippen LogP contribution in [-0.4, -0.2) is 60.0 Å². The smallest absolute Gasteiger partial charge is 0.421 e. The predicted octanol–water partition coefficient (Wildman–Crippen LogP) is 7.23. The fourth-order valence-electron chi connectivity index (χ4n) is 2.99. The fraction of sp³-hybridized carbons (Fsp3) is 1.00. The number of rotatable bonds is 17. The lowest BCUT2D eigenvalue weighted by molar-refractivity contribution is -0.870. The van der Waals surface area contributed by atoms with Crippen molar-refractivity contribution in [1.82, 2.24) is 0 Å². The molecule has 0 aromatic rings. The van der Waals surface area contributed by atoms with E-state index in [1.54, 1.807) is 0 Å². The number of quaternary nitrogens is 1. The summed E-state index contributed by atoms with van der Waals surface area (Å²) < 4.78 is 110. The van der Waals surface area contributed by atoms with Crippen molar-refractivity contribution in [3.8, 4) is 0 Å². The Bertz CT molecular complexity index is 705. The molecule has 14 heteroatoms. The van der Waals surface area contributed by atoms with Crippen molar-refractivity contribution in [3.63, 3.8) is 0 Å². The molecule has 35 heavy (non-hydrogen) atoms. The minimum absolute atomic E-state index is 0.778. The molecule has 0 heterocycles. The molecular formula is C21H42F6N2O4S2. The fourth-order valence-corrected chi connectivity index (χ4v) is 4.70. The van der Waals surface area contributed by atoms with Gasteiger partial charge in [0.05, 0.1) is 27.7 Å². The average molecular weight is 565 g/mol. The molecule has 0 spiro atoms. The van der Waals surface area contributed by atoms with Crippen molar-refractivity contribution in [2.24, 2.45) is 0 Å². The molecule has 214 valence electrons. The summed E-state index contributed by atoms with van der Waals surface area (Å²) in [5.41, 5.74) is -12.4. The van der Waals surface area contributed by atoms with Crippen LogP contribution in [0.4, 0.5) is 26.3 Å². The van der Waals surface area contributed by atoms with E-state index in [9.17, 15) is 43.2 Å². The summed E-state index contributed by atoms with van der Waals surface area (Å²) in [6, 6.07) is 0. The summed E-state index contributed by atoms with van der Waals surface area (Å²) in [5, 5.41) is 0. The van der Waals surface area contributed by atoms with Crippen molar-refractivity contribution in [3.05, 3.63) is 4.13 Å². The van der Waals surface area contributed by atoms with E-state index in [2.05, 4.69) is 28.1 Å². The van der Waals surface area contributed by atoms with Crippen molar-refractivity contribution < 1.29 is 47.7 Å². The first-order chi connectivity index (χ1) is 15.8. The SMILES string of the molecule is CCCCCCCCCCCCCCCC[N+](C)(C)C.O=S(=O)([N-]S(=O)(=O)C(F)(F)F)C(F)(F)F. The van der Waals surface area contributed by atoms with Gasteiger partial charge in [-0.05, 0) is 12.8 Å². The van der Waals surface area contributed by atoms with Gasteiger partial charge in [0.15, 0.2) is 20.0 Å². The zero-order chi connectivity index (χ0) is 27.8. The molecule has 0 bridgehead atoms. The highest BCUT2D eigenvalue weighted by atomic mass is 32.3. The van der Waals surface area contributed by atoms with Crippen LogP contribution in [0.3, 0.4) is 0 Å². The first-order valence-corrected chi connectivity index (χ1v) is 14.8. The third-order valence-corrected chi connectivity index (χ3v) is 7.70. The largest absolute Gasteiger partial charge is 0.480 e. The van der Waals surface area contributed by atoms with Gasteiger partial charge in [-0.3, -0.25) is 0 Å². The van der Waals surface area contributed by atoms with E-state index < -0.39 is 31.1 Å². The maximum Gasteiger partial charge on any atom is 0.480 e. The van der Waals surface area contributed by atoms with Crippen molar-refractivity contribution in [2.45, 2.75) is 108 Å². The molecule has 0 unspecified atom stereocenters. The highest BCUT2D eigenvalue weighted by Crippen LogP contribution is 2.36. The van der Waals surface area contributed by atoms with Crippen LogP contribution in [0.15, 0.2) is 0 Å². The molecule has 6 nitrogen and oxygen atoms in total. The Labute approximate surface area is 207 Å². The van der Waals surface area contributed by atoms with Gasteiger partial charge in [0.1, 0.15) is 0 Å². The molecule has 0 fully saturated rings. The third kappa shape index (κ3) is 20.2. The van der Waals surface area contributed by atoms with Crippen LogP contribution in [0.5, 0.6) is 0 Å². The molecule has 0 aromatic carbocycles. The van der Waals surface area contributed by atoms with Crippen LogP contribution in [0.2, 0.25) is 0 Å². The quantitative estimate of drug-likeness (QED) is 0.106. The highest BCUT2D eigenvalue weighted by Gasteiger charge is 2.46. The van der Waals surface area contributed by atoms with Crippen LogP contribution < -0.4 is 0 Å². The van der Waals surface area contributed by atoms with E-state index in [-0.39, 0.29) is 0 Å². The molecule has 0 N–H and O–H groups in total. The van der Waals surface area contributed by atoms with Gasteiger partial charge in [-0.25, -0.2) is 16.8 Å². The van der Waals surface area contributed by atoms with Gasteiger partial charge < -0.3 is 8.61 Å².